The van der Waals surface area contributed by atoms with E-state index in [0.29, 0.717) is 5.57 Å². The van der Waals surface area contributed by atoms with Crippen molar-refractivity contribution in [3.63, 3.8) is 0 Å². The maximum atomic E-state index is 12.5. The number of hydrogen-bond donors (Lipinski definition) is 0. The van der Waals surface area contributed by atoms with Crippen LogP contribution < -0.4 is 0 Å². The molecule has 1 rings (SSSR count). The van der Waals surface area contributed by atoms with Crippen LogP contribution in [0, 0.1) is 6.42 Å². The number of allylic oxidation sites excluding steroid dienone is 2. The van der Waals surface area contributed by atoms with Gasteiger partial charge in [0.2, 0.25) is 0 Å². The number of hydrogen-bond acceptors (Lipinski definition) is 1. The number of halogens is 3. The fourth-order valence-electron chi connectivity index (χ4n) is 1.20. The lowest BCUT2D eigenvalue weighted by molar-refractivity contribution is -0.230. The van der Waals surface area contributed by atoms with Crippen LogP contribution >= 0.6 is 0 Å². The maximum Gasteiger partial charge on any atom is 0.424 e. The Balaban J connectivity index is 3.06. The lowest BCUT2D eigenvalue weighted by atomic mass is 9.93. The molecule has 0 saturated heterocycles. The van der Waals surface area contributed by atoms with Gasteiger partial charge in [0, 0.05) is 13.5 Å². The van der Waals surface area contributed by atoms with Gasteiger partial charge in [-0.1, -0.05) is 11.6 Å². The summed E-state index contributed by atoms with van der Waals surface area (Å²) >= 11 is 0. The molecule has 1 aliphatic rings. The average Bonchev–Trinajstić information content (AvgIpc) is 2.02. The molecule has 1 atom stereocenters. The van der Waals surface area contributed by atoms with Gasteiger partial charge in [-0.15, -0.1) is 0 Å². The van der Waals surface area contributed by atoms with E-state index in [-0.39, 0.29) is 0 Å². The van der Waals surface area contributed by atoms with Gasteiger partial charge in [-0.05, 0) is 19.1 Å². The smallest absolute Gasteiger partial charge is 0.361 e. The lowest BCUT2D eigenvalue weighted by Crippen LogP contribution is -2.44. The molecule has 0 spiro atoms. The van der Waals surface area contributed by atoms with Crippen molar-refractivity contribution in [3.8, 4) is 0 Å². The molecule has 0 amide bonds. The number of rotatable bonds is 1. The van der Waals surface area contributed by atoms with Crippen molar-refractivity contribution in [1.82, 2.24) is 0 Å². The van der Waals surface area contributed by atoms with Crippen LogP contribution in [-0.4, -0.2) is 18.9 Å². The van der Waals surface area contributed by atoms with Crippen LogP contribution in [0.4, 0.5) is 13.2 Å². The van der Waals surface area contributed by atoms with Gasteiger partial charge in [0.25, 0.3) is 0 Å². The van der Waals surface area contributed by atoms with Crippen LogP contribution in [0.5, 0.6) is 0 Å². The first-order chi connectivity index (χ1) is 5.91. The minimum Gasteiger partial charge on any atom is -0.361 e. The zero-order chi connectivity index (χ0) is 10.1. The fraction of sp³-hybridized carbons (Fsp3) is 0.444. The van der Waals surface area contributed by atoms with Crippen molar-refractivity contribution >= 4 is 0 Å². The highest BCUT2D eigenvalue weighted by Gasteiger charge is 2.52. The second kappa shape index (κ2) is 3.18. The predicted molar refractivity (Wildman–Crippen MR) is 43.0 cm³/mol. The van der Waals surface area contributed by atoms with Crippen LogP contribution in [-0.2, 0) is 4.74 Å². The number of methoxy groups -OCH3 is 1. The topological polar surface area (TPSA) is 9.23 Å². The normalized spacial score (nSPS) is 28.8. The highest BCUT2D eigenvalue weighted by atomic mass is 19.4. The Labute approximate surface area is 74.9 Å². The van der Waals surface area contributed by atoms with E-state index < -0.39 is 11.8 Å². The first kappa shape index (κ1) is 10.3. The third kappa shape index (κ3) is 1.77. The summed E-state index contributed by atoms with van der Waals surface area (Å²) < 4.78 is 42.1. The van der Waals surface area contributed by atoms with Gasteiger partial charge in [-0.2, -0.15) is 13.2 Å². The van der Waals surface area contributed by atoms with Gasteiger partial charge in [0.15, 0.2) is 5.60 Å². The summed E-state index contributed by atoms with van der Waals surface area (Å²) in [6.45, 7) is 1.60. The Morgan fingerprint density at radius 1 is 1.38 bits per heavy atom. The Morgan fingerprint density at radius 2 is 2.00 bits per heavy atom. The predicted octanol–water partition coefficient (Wildman–Crippen LogP) is 2.65. The average molecular weight is 191 g/mol. The Morgan fingerprint density at radius 3 is 2.31 bits per heavy atom. The van der Waals surface area contributed by atoms with Crippen LogP contribution in [0.15, 0.2) is 23.8 Å². The highest BCUT2D eigenvalue weighted by Crippen LogP contribution is 2.38. The molecule has 0 N–H and O–H groups in total. The second-order valence-corrected chi connectivity index (χ2v) is 2.91. The van der Waals surface area contributed by atoms with Gasteiger partial charge < -0.3 is 4.74 Å². The molecular formula is C9H10F3O. The van der Waals surface area contributed by atoms with Crippen LogP contribution in [0.2, 0.25) is 0 Å². The zero-order valence-corrected chi connectivity index (χ0v) is 7.35. The fourth-order valence-corrected chi connectivity index (χ4v) is 1.20. The van der Waals surface area contributed by atoms with Gasteiger partial charge in [-0.25, -0.2) is 0 Å². The SMILES string of the molecule is COC1(C(F)(F)F)C=C[CH]C(C)=C1. The van der Waals surface area contributed by atoms with E-state index in [2.05, 4.69) is 4.74 Å². The summed E-state index contributed by atoms with van der Waals surface area (Å²) in [5.74, 6) is 0. The molecule has 0 aliphatic heterocycles. The van der Waals surface area contributed by atoms with E-state index in [1.54, 1.807) is 13.3 Å². The maximum absolute atomic E-state index is 12.5. The highest BCUT2D eigenvalue weighted by molar-refractivity contribution is 5.35. The molecule has 73 valence electrons. The van der Waals surface area contributed by atoms with E-state index in [4.69, 9.17) is 0 Å². The molecule has 0 heterocycles. The van der Waals surface area contributed by atoms with Gasteiger partial charge in [-0.3, -0.25) is 0 Å². The molecule has 0 saturated carbocycles. The van der Waals surface area contributed by atoms with E-state index in [1.165, 1.54) is 6.08 Å². The van der Waals surface area contributed by atoms with Crippen molar-refractivity contribution in [1.29, 1.82) is 0 Å². The van der Waals surface area contributed by atoms with E-state index >= 15 is 0 Å². The Bertz CT molecular complexity index is 252. The van der Waals surface area contributed by atoms with Gasteiger partial charge in [0.1, 0.15) is 0 Å². The summed E-state index contributed by atoms with van der Waals surface area (Å²) in [5.41, 5.74) is -1.70. The molecule has 1 radical (unpaired) electrons. The molecule has 1 unspecified atom stereocenters. The van der Waals surface area contributed by atoms with Crippen LogP contribution in [0.3, 0.4) is 0 Å². The third-order valence-electron chi connectivity index (χ3n) is 1.93. The minimum atomic E-state index is -4.41. The quantitative estimate of drug-likeness (QED) is 0.619. The molecule has 13 heavy (non-hydrogen) atoms. The first-order valence-electron chi connectivity index (χ1n) is 3.75. The van der Waals surface area contributed by atoms with Crippen LogP contribution in [0.25, 0.3) is 0 Å². The largest absolute Gasteiger partial charge is 0.424 e. The summed E-state index contributed by atoms with van der Waals surface area (Å²) in [7, 11) is 1.05. The van der Waals surface area contributed by atoms with Crippen molar-refractivity contribution < 1.29 is 17.9 Å². The van der Waals surface area contributed by atoms with E-state index in [1.807, 2.05) is 0 Å². The minimum absolute atomic E-state index is 0.543. The zero-order valence-electron chi connectivity index (χ0n) is 7.35. The molecule has 1 nitrogen and oxygen atoms in total. The van der Waals surface area contributed by atoms with Crippen molar-refractivity contribution in [2.24, 2.45) is 0 Å². The molecule has 4 heteroatoms. The Kier molecular flexibility index (Phi) is 2.52. The second-order valence-electron chi connectivity index (χ2n) is 2.91. The number of ether oxygens (including phenoxy) is 1. The van der Waals surface area contributed by atoms with Crippen molar-refractivity contribution in [2.45, 2.75) is 18.7 Å². The third-order valence-corrected chi connectivity index (χ3v) is 1.93. The molecule has 0 fully saturated rings. The summed E-state index contributed by atoms with van der Waals surface area (Å²) in [4.78, 5) is 0. The van der Waals surface area contributed by atoms with Crippen LogP contribution in [0.1, 0.15) is 6.92 Å². The standard InChI is InChI=1S/C9H10F3O/c1-7-4-3-5-8(6-7,13-2)9(10,11)12/h3-6H,1-2H3. The Hall–Kier alpha value is -0.770. The molecule has 1 aliphatic carbocycles. The number of alkyl halides is 3. The molecule has 0 bridgehead atoms. The van der Waals surface area contributed by atoms with Gasteiger partial charge >= 0.3 is 6.18 Å². The summed E-state index contributed by atoms with van der Waals surface area (Å²) in [6, 6.07) is 0. The van der Waals surface area contributed by atoms with Crippen molar-refractivity contribution in [3.05, 3.63) is 30.2 Å². The first-order valence-corrected chi connectivity index (χ1v) is 3.75. The summed E-state index contributed by atoms with van der Waals surface area (Å²) in [5, 5.41) is 0. The van der Waals surface area contributed by atoms with E-state index in [9.17, 15) is 13.2 Å². The molecule has 0 aromatic carbocycles. The molecular weight excluding hydrogens is 181 g/mol. The monoisotopic (exact) mass is 191 g/mol. The van der Waals surface area contributed by atoms with Gasteiger partial charge in [0.05, 0.1) is 0 Å². The lowest BCUT2D eigenvalue weighted by Gasteiger charge is -2.31. The summed E-state index contributed by atoms with van der Waals surface area (Å²) in [6.07, 6.45) is 0.607. The molecule has 0 aromatic heterocycles. The van der Waals surface area contributed by atoms with Crippen molar-refractivity contribution in [2.75, 3.05) is 7.11 Å². The van der Waals surface area contributed by atoms with E-state index in [0.717, 1.165) is 19.3 Å². The molecule has 0 aromatic rings.